The Hall–Kier alpha value is -1.61. The van der Waals surface area contributed by atoms with Gasteiger partial charge in [-0.3, -0.25) is 4.68 Å². The van der Waals surface area contributed by atoms with E-state index < -0.39 is 0 Å². The summed E-state index contributed by atoms with van der Waals surface area (Å²) in [5.41, 5.74) is 2.94. The van der Waals surface area contributed by atoms with Crippen molar-refractivity contribution in [2.24, 2.45) is 7.05 Å². The highest BCUT2D eigenvalue weighted by Crippen LogP contribution is 2.51. The van der Waals surface area contributed by atoms with Gasteiger partial charge in [0, 0.05) is 18.7 Å². The zero-order chi connectivity index (χ0) is 13.3. The molecule has 0 bridgehead atoms. The van der Waals surface area contributed by atoms with Crippen LogP contribution < -0.4 is 5.32 Å². The van der Waals surface area contributed by atoms with Gasteiger partial charge in [0.15, 0.2) is 0 Å². The first-order valence-corrected chi connectivity index (χ1v) is 6.98. The molecule has 1 unspecified atom stereocenters. The molecule has 0 saturated heterocycles. The number of aromatic nitrogens is 2. The topological polar surface area (TPSA) is 29.9 Å². The normalized spacial score (nSPS) is 18.8. The lowest BCUT2D eigenvalue weighted by molar-refractivity contribution is 0.170. The summed E-state index contributed by atoms with van der Waals surface area (Å²) in [6, 6.07) is 13.4. The van der Waals surface area contributed by atoms with Crippen LogP contribution in [0.3, 0.4) is 0 Å². The maximum absolute atomic E-state index is 4.33. The van der Waals surface area contributed by atoms with E-state index in [0.29, 0.717) is 6.04 Å². The van der Waals surface area contributed by atoms with Crippen molar-refractivity contribution in [2.45, 2.75) is 30.7 Å². The number of likely N-dealkylation sites (N-methyl/N-ethyl adjacent to an activating group) is 1. The molecular weight excluding hydrogens is 234 g/mol. The summed E-state index contributed by atoms with van der Waals surface area (Å²) in [7, 11) is 4.08. The van der Waals surface area contributed by atoms with Gasteiger partial charge < -0.3 is 5.32 Å². The molecule has 1 fully saturated rings. The number of rotatable bonds is 4. The molecule has 19 heavy (non-hydrogen) atoms. The summed E-state index contributed by atoms with van der Waals surface area (Å²) >= 11 is 0. The molecule has 1 aliphatic carbocycles. The second-order valence-corrected chi connectivity index (χ2v) is 5.48. The van der Waals surface area contributed by atoms with Gasteiger partial charge in [0.25, 0.3) is 0 Å². The van der Waals surface area contributed by atoms with Gasteiger partial charge in [0.05, 0.1) is 11.7 Å². The van der Waals surface area contributed by atoms with E-state index in [1.54, 1.807) is 0 Å². The molecule has 1 aromatic carbocycles. The molecule has 100 valence electrons. The van der Waals surface area contributed by atoms with Crippen LogP contribution in [0.4, 0.5) is 0 Å². The Balaban J connectivity index is 2.04. The molecule has 3 rings (SSSR count). The first-order valence-electron chi connectivity index (χ1n) is 6.98. The molecule has 0 aliphatic heterocycles. The third-order valence-corrected chi connectivity index (χ3v) is 4.59. The second-order valence-electron chi connectivity index (χ2n) is 5.48. The van der Waals surface area contributed by atoms with E-state index in [0.717, 1.165) is 0 Å². The Kier molecular flexibility index (Phi) is 3.15. The lowest BCUT2D eigenvalue weighted by Gasteiger charge is -2.48. The van der Waals surface area contributed by atoms with Gasteiger partial charge in [-0.1, -0.05) is 36.8 Å². The van der Waals surface area contributed by atoms with Crippen LogP contribution in [-0.4, -0.2) is 16.8 Å². The van der Waals surface area contributed by atoms with E-state index in [1.807, 2.05) is 17.9 Å². The van der Waals surface area contributed by atoms with Gasteiger partial charge >= 0.3 is 0 Å². The smallest absolute Gasteiger partial charge is 0.0587 e. The first-order chi connectivity index (χ1) is 9.28. The first kappa shape index (κ1) is 12.4. The molecule has 2 aromatic rings. The summed E-state index contributed by atoms with van der Waals surface area (Å²) in [5, 5.41) is 7.85. The molecule has 0 radical (unpaired) electrons. The van der Waals surface area contributed by atoms with E-state index in [1.165, 1.54) is 30.5 Å². The third kappa shape index (κ3) is 1.89. The van der Waals surface area contributed by atoms with E-state index in [4.69, 9.17) is 0 Å². The van der Waals surface area contributed by atoms with E-state index in [9.17, 15) is 0 Å². The van der Waals surface area contributed by atoms with Crippen molar-refractivity contribution in [2.75, 3.05) is 7.05 Å². The van der Waals surface area contributed by atoms with E-state index >= 15 is 0 Å². The van der Waals surface area contributed by atoms with Crippen LogP contribution >= 0.6 is 0 Å². The molecule has 0 amide bonds. The fourth-order valence-electron chi connectivity index (χ4n) is 3.45. The van der Waals surface area contributed by atoms with Crippen molar-refractivity contribution in [1.29, 1.82) is 0 Å². The zero-order valence-electron chi connectivity index (χ0n) is 11.6. The quantitative estimate of drug-likeness (QED) is 0.910. The summed E-state index contributed by atoms with van der Waals surface area (Å²) in [4.78, 5) is 0. The van der Waals surface area contributed by atoms with E-state index in [2.05, 4.69) is 53.9 Å². The average molecular weight is 255 g/mol. The Morgan fingerprint density at radius 2 is 1.95 bits per heavy atom. The van der Waals surface area contributed by atoms with Crippen molar-refractivity contribution in [3.63, 3.8) is 0 Å². The Labute approximate surface area is 114 Å². The summed E-state index contributed by atoms with van der Waals surface area (Å²) in [6.45, 7) is 0. The number of hydrogen-bond donors (Lipinski definition) is 1. The van der Waals surface area contributed by atoms with Gasteiger partial charge in [0.2, 0.25) is 0 Å². The molecule has 0 spiro atoms. The van der Waals surface area contributed by atoms with Crippen molar-refractivity contribution >= 4 is 0 Å². The highest BCUT2D eigenvalue weighted by Gasteiger charge is 2.46. The molecule has 1 aromatic heterocycles. The minimum atomic E-state index is 0.226. The van der Waals surface area contributed by atoms with Gasteiger partial charge in [-0.05, 0) is 31.5 Å². The van der Waals surface area contributed by atoms with Crippen molar-refractivity contribution in [1.82, 2.24) is 15.1 Å². The van der Waals surface area contributed by atoms with Gasteiger partial charge in [0.1, 0.15) is 0 Å². The highest BCUT2D eigenvalue weighted by molar-refractivity contribution is 5.33. The third-order valence-electron chi connectivity index (χ3n) is 4.59. The number of nitrogens with zero attached hydrogens (tertiary/aromatic N) is 2. The molecule has 3 heteroatoms. The van der Waals surface area contributed by atoms with Crippen LogP contribution in [0.25, 0.3) is 0 Å². The molecule has 1 atom stereocenters. The van der Waals surface area contributed by atoms with Crippen LogP contribution in [0.5, 0.6) is 0 Å². The van der Waals surface area contributed by atoms with Crippen molar-refractivity contribution in [3.05, 3.63) is 53.9 Å². The molecule has 1 N–H and O–H groups in total. The number of hydrogen-bond acceptors (Lipinski definition) is 2. The second kappa shape index (κ2) is 4.82. The molecule has 1 heterocycles. The predicted octanol–water partition coefficient (Wildman–Crippen LogP) is 2.80. The fraction of sp³-hybridized carbons (Fsp3) is 0.438. The van der Waals surface area contributed by atoms with Crippen LogP contribution in [0.2, 0.25) is 0 Å². The Morgan fingerprint density at radius 3 is 2.42 bits per heavy atom. The van der Waals surface area contributed by atoms with E-state index in [-0.39, 0.29) is 5.41 Å². The maximum Gasteiger partial charge on any atom is 0.0587 e. The van der Waals surface area contributed by atoms with Crippen LogP contribution in [0, 0.1) is 0 Å². The zero-order valence-corrected chi connectivity index (χ0v) is 11.6. The average Bonchev–Trinajstić information content (AvgIpc) is 2.81. The molecule has 1 aliphatic rings. The van der Waals surface area contributed by atoms with Crippen molar-refractivity contribution < 1.29 is 0 Å². The summed E-state index contributed by atoms with van der Waals surface area (Å²) in [6.07, 6.45) is 5.68. The molecule has 3 nitrogen and oxygen atoms in total. The number of nitrogens with one attached hydrogen (secondary N) is 1. The van der Waals surface area contributed by atoms with Crippen LogP contribution in [-0.2, 0) is 12.5 Å². The minimum Gasteiger partial charge on any atom is -0.311 e. The Bertz CT molecular complexity index is 540. The van der Waals surface area contributed by atoms with Crippen LogP contribution in [0.1, 0.15) is 36.6 Å². The lowest BCUT2D eigenvalue weighted by atomic mass is 9.59. The fourth-order valence-corrected chi connectivity index (χ4v) is 3.45. The van der Waals surface area contributed by atoms with Gasteiger partial charge in [-0.2, -0.15) is 5.10 Å². The SMILES string of the molecule is CNC(c1ccnn1C)C1(c2ccccc2)CCC1. The van der Waals surface area contributed by atoms with Crippen molar-refractivity contribution in [3.8, 4) is 0 Å². The maximum atomic E-state index is 4.33. The number of benzene rings is 1. The van der Waals surface area contributed by atoms with Gasteiger partial charge in [-0.25, -0.2) is 0 Å². The van der Waals surface area contributed by atoms with Crippen LogP contribution in [0.15, 0.2) is 42.6 Å². The summed E-state index contributed by atoms with van der Waals surface area (Å²) in [5.74, 6) is 0. The summed E-state index contributed by atoms with van der Waals surface area (Å²) < 4.78 is 1.99. The Morgan fingerprint density at radius 1 is 1.21 bits per heavy atom. The standard InChI is InChI=1S/C16H21N3/c1-17-15(14-9-12-18-19(14)2)16(10-6-11-16)13-7-4-3-5-8-13/h3-5,7-9,12,15,17H,6,10-11H2,1-2H3. The largest absolute Gasteiger partial charge is 0.311 e. The number of aryl methyl sites for hydroxylation is 1. The minimum absolute atomic E-state index is 0.226. The predicted molar refractivity (Wildman–Crippen MR) is 77.0 cm³/mol. The monoisotopic (exact) mass is 255 g/mol. The molecule has 1 saturated carbocycles. The molecular formula is C16H21N3. The highest BCUT2D eigenvalue weighted by atomic mass is 15.3. The van der Waals surface area contributed by atoms with Gasteiger partial charge in [-0.15, -0.1) is 0 Å². The lowest BCUT2D eigenvalue weighted by Crippen LogP contribution is -2.46.